The quantitative estimate of drug-likeness (QED) is 0.721. The fourth-order valence-corrected chi connectivity index (χ4v) is 2.97. The number of para-hydroxylation sites is 1. The van der Waals surface area contributed by atoms with Crippen molar-refractivity contribution in [2.24, 2.45) is 0 Å². The summed E-state index contributed by atoms with van der Waals surface area (Å²) in [5.41, 5.74) is 3.28. The van der Waals surface area contributed by atoms with Crippen LogP contribution in [0.15, 0.2) is 28.8 Å². The highest BCUT2D eigenvalue weighted by Gasteiger charge is 2.19. The van der Waals surface area contributed by atoms with Crippen molar-refractivity contribution < 1.29 is 4.42 Å². The van der Waals surface area contributed by atoms with Gasteiger partial charge in [0.1, 0.15) is 17.4 Å². The van der Waals surface area contributed by atoms with Crippen molar-refractivity contribution in [1.29, 1.82) is 5.26 Å². The minimum Gasteiger partial charge on any atom is -0.459 e. The number of nitriles is 1. The van der Waals surface area contributed by atoms with E-state index in [2.05, 4.69) is 38.1 Å². The molecule has 7 heteroatoms. The van der Waals surface area contributed by atoms with Crippen LogP contribution in [-0.2, 0) is 12.8 Å². The lowest BCUT2D eigenvalue weighted by Crippen LogP contribution is -1.98. The van der Waals surface area contributed by atoms with Crippen LogP contribution in [0.1, 0.15) is 30.0 Å². The number of hydrogen-bond donors (Lipinski definition) is 2. The number of benzene rings is 1. The summed E-state index contributed by atoms with van der Waals surface area (Å²) in [6.07, 6.45) is 6.00. The summed E-state index contributed by atoms with van der Waals surface area (Å²) in [7, 11) is 0. The molecular formula is C16H14N6O. The SMILES string of the molecule is N#CC(=CNc1cccc2c3c(oc12)CCCC3)c1nn[nH]n1. The van der Waals surface area contributed by atoms with E-state index >= 15 is 0 Å². The Balaban J connectivity index is 1.72. The third-order valence-corrected chi connectivity index (χ3v) is 4.06. The van der Waals surface area contributed by atoms with Gasteiger partial charge in [-0.2, -0.15) is 10.5 Å². The molecule has 0 atom stereocenters. The molecule has 0 bridgehead atoms. The van der Waals surface area contributed by atoms with Gasteiger partial charge in [-0.05, 0) is 30.5 Å². The van der Waals surface area contributed by atoms with Crippen molar-refractivity contribution in [3.63, 3.8) is 0 Å². The Labute approximate surface area is 132 Å². The summed E-state index contributed by atoms with van der Waals surface area (Å²) < 4.78 is 6.05. The zero-order valence-corrected chi connectivity index (χ0v) is 12.3. The number of fused-ring (bicyclic) bond motifs is 3. The second-order valence-corrected chi connectivity index (χ2v) is 5.44. The molecule has 7 nitrogen and oxygen atoms in total. The van der Waals surface area contributed by atoms with Crippen LogP contribution in [0.3, 0.4) is 0 Å². The van der Waals surface area contributed by atoms with Gasteiger partial charge < -0.3 is 9.73 Å². The van der Waals surface area contributed by atoms with Gasteiger partial charge in [0.2, 0.25) is 5.82 Å². The number of nitrogens with one attached hydrogen (secondary N) is 2. The van der Waals surface area contributed by atoms with E-state index < -0.39 is 0 Å². The average Bonchev–Trinajstić information content (AvgIpc) is 3.23. The Bertz CT molecular complexity index is 916. The van der Waals surface area contributed by atoms with Crippen molar-refractivity contribution in [2.75, 3.05) is 5.32 Å². The van der Waals surface area contributed by atoms with Crippen molar-refractivity contribution in [1.82, 2.24) is 20.6 Å². The predicted octanol–water partition coefficient (Wildman–Crippen LogP) is 2.80. The normalized spacial score (nSPS) is 14.5. The average molecular weight is 306 g/mol. The number of H-pyrrole nitrogens is 1. The Morgan fingerprint density at radius 3 is 3.09 bits per heavy atom. The van der Waals surface area contributed by atoms with Crippen LogP contribution in [0.2, 0.25) is 0 Å². The van der Waals surface area contributed by atoms with Gasteiger partial charge >= 0.3 is 0 Å². The van der Waals surface area contributed by atoms with Crippen molar-refractivity contribution in [3.05, 3.63) is 41.5 Å². The molecular weight excluding hydrogens is 292 g/mol. The first kappa shape index (κ1) is 13.5. The summed E-state index contributed by atoms with van der Waals surface area (Å²) in [5.74, 6) is 1.34. The Morgan fingerprint density at radius 2 is 2.26 bits per heavy atom. The predicted molar refractivity (Wildman–Crippen MR) is 84.2 cm³/mol. The zero-order chi connectivity index (χ0) is 15.6. The first-order valence-electron chi connectivity index (χ1n) is 7.50. The maximum absolute atomic E-state index is 9.22. The number of rotatable bonds is 3. The van der Waals surface area contributed by atoms with E-state index in [0.717, 1.165) is 35.3 Å². The number of tetrazole rings is 1. The lowest BCUT2D eigenvalue weighted by molar-refractivity contribution is 0.506. The number of allylic oxidation sites excluding steroid dienone is 1. The Morgan fingerprint density at radius 1 is 1.35 bits per heavy atom. The topological polar surface area (TPSA) is 103 Å². The van der Waals surface area contributed by atoms with Crippen LogP contribution >= 0.6 is 0 Å². The molecule has 0 saturated carbocycles. The van der Waals surface area contributed by atoms with Gasteiger partial charge in [-0.25, -0.2) is 0 Å². The molecule has 114 valence electrons. The van der Waals surface area contributed by atoms with Gasteiger partial charge in [-0.3, -0.25) is 0 Å². The second-order valence-electron chi connectivity index (χ2n) is 5.44. The van der Waals surface area contributed by atoms with Crippen LogP contribution in [0.5, 0.6) is 0 Å². The lowest BCUT2D eigenvalue weighted by atomic mass is 9.96. The first-order chi connectivity index (χ1) is 11.4. The minimum atomic E-state index is 0.255. The summed E-state index contributed by atoms with van der Waals surface area (Å²) in [6.45, 7) is 0. The van der Waals surface area contributed by atoms with E-state index in [9.17, 15) is 5.26 Å². The number of aromatic nitrogens is 4. The van der Waals surface area contributed by atoms with Gasteiger partial charge in [-0.15, -0.1) is 10.2 Å². The molecule has 0 radical (unpaired) electrons. The van der Waals surface area contributed by atoms with Gasteiger partial charge in [0.25, 0.3) is 0 Å². The standard InChI is InChI=1S/C16H14N6O/c17-8-10(16-19-21-22-20-16)9-18-13-6-3-5-12-11-4-1-2-7-14(11)23-15(12)13/h3,5-6,9,18H,1-2,4,7H2,(H,19,20,21,22). The van der Waals surface area contributed by atoms with E-state index in [1.807, 2.05) is 12.1 Å². The molecule has 0 unspecified atom stereocenters. The number of furan rings is 1. The number of nitrogens with zero attached hydrogens (tertiary/aromatic N) is 4. The maximum Gasteiger partial charge on any atom is 0.216 e. The van der Waals surface area contributed by atoms with Crippen molar-refractivity contribution >= 4 is 22.2 Å². The Kier molecular flexibility index (Phi) is 3.27. The fourth-order valence-electron chi connectivity index (χ4n) is 2.97. The number of aromatic amines is 1. The molecule has 0 fully saturated rings. The van der Waals surface area contributed by atoms with Crippen LogP contribution in [0.4, 0.5) is 5.69 Å². The third-order valence-electron chi connectivity index (χ3n) is 4.06. The second kappa shape index (κ2) is 5.57. The van der Waals surface area contributed by atoms with E-state index in [1.54, 1.807) is 6.20 Å². The molecule has 0 amide bonds. The summed E-state index contributed by atoms with van der Waals surface area (Å²) in [6, 6.07) is 8.06. The zero-order valence-electron chi connectivity index (χ0n) is 12.3. The third kappa shape index (κ3) is 2.34. The lowest BCUT2D eigenvalue weighted by Gasteiger charge is -2.08. The van der Waals surface area contributed by atoms with Crippen LogP contribution in [0, 0.1) is 11.3 Å². The molecule has 4 rings (SSSR count). The first-order valence-corrected chi connectivity index (χ1v) is 7.50. The molecule has 1 aliphatic carbocycles. The summed E-state index contributed by atoms with van der Waals surface area (Å²) in [5, 5.41) is 26.9. The summed E-state index contributed by atoms with van der Waals surface area (Å²) in [4.78, 5) is 0. The van der Waals surface area contributed by atoms with E-state index in [1.165, 1.54) is 18.4 Å². The summed E-state index contributed by atoms with van der Waals surface area (Å²) >= 11 is 0. The molecule has 23 heavy (non-hydrogen) atoms. The molecule has 0 aliphatic heterocycles. The molecule has 1 aromatic carbocycles. The minimum absolute atomic E-state index is 0.255. The van der Waals surface area contributed by atoms with Gasteiger partial charge in [0.15, 0.2) is 5.58 Å². The molecule has 3 aromatic rings. The van der Waals surface area contributed by atoms with E-state index in [0.29, 0.717) is 5.57 Å². The number of aryl methyl sites for hydroxylation is 2. The van der Waals surface area contributed by atoms with Gasteiger partial charge in [0.05, 0.1) is 5.69 Å². The van der Waals surface area contributed by atoms with Gasteiger partial charge in [0, 0.05) is 23.6 Å². The highest BCUT2D eigenvalue weighted by molar-refractivity contribution is 5.93. The molecule has 2 heterocycles. The Hall–Kier alpha value is -3.14. The van der Waals surface area contributed by atoms with Crippen molar-refractivity contribution in [3.8, 4) is 6.07 Å². The highest BCUT2D eigenvalue weighted by Crippen LogP contribution is 2.35. The van der Waals surface area contributed by atoms with Crippen LogP contribution in [-0.4, -0.2) is 20.6 Å². The molecule has 1 aliphatic rings. The van der Waals surface area contributed by atoms with Gasteiger partial charge in [-0.1, -0.05) is 12.1 Å². The smallest absolute Gasteiger partial charge is 0.216 e. The molecule has 0 saturated heterocycles. The maximum atomic E-state index is 9.22. The number of hydrogen-bond acceptors (Lipinski definition) is 6. The van der Waals surface area contributed by atoms with Crippen LogP contribution in [0.25, 0.3) is 16.5 Å². The molecule has 2 aromatic heterocycles. The molecule has 2 N–H and O–H groups in total. The van der Waals surface area contributed by atoms with E-state index in [-0.39, 0.29) is 5.82 Å². The number of anilines is 1. The van der Waals surface area contributed by atoms with E-state index in [4.69, 9.17) is 4.42 Å². The van der Waals surface area contributed by atoms with Crippen LogP contribution < -0.4 is 5.32 Å². The van der Waals surface area contributed by atoms with Crippen molar-refractivity contribution in [2.45, 2.75) is 25.7 Å². The monoisotopic (exact) mass is 306 g/mol. The molecule has 0 spiro atoms. The fraction of sp³-hybridized carbons (Fsp3) is 0.250. The largest absolute Gasteiger partial charge is 0.459 e. The highest BCUT2D eigenvalue weighted by atomic mass is 16.3.